The Labute approximate surface area is 169 Å². The van der Waals surface area contributed by atoms with Crippen LogP contribution in [0, 0.1) is 5.92 Å². The number of anilines is 1. The lowest BCUT2D eigenvalue weighted by Gasteiger charge is -2.33. The van der Waals surface area contributed by atoms with Gasteiger partial charge in [0.2, 0.25) is 11.8 Å². The van der Waals surface area contributed by atoms with Crippen molar-refractivity contribution in [2.24, 2.45) is 11.7 Å². The zero-order valence-corrected chi connectivity index (χ0v) is 16.2. The molecule has 0 aromatic heterocycles. The fraction of sp³-hybridized carbons (Fsp3) is 0.318. The SMILES string of the molecule is C[C@]12CN(C(=O)C(N)Cc3ccccc3)C[C@H]1C(=O)Nc1ccccc1C(=O)N2. The van der Waals surface area contributed by atoms with Gasteiger partial charge in [-0.15, -0.1) is 0 Å². The number of fused-ring (bicyclic) bond motifs is 2. The van der Waals surface area contributed by atoms with Crippen LogP contribution >= 0.6 is 0 Å². The van der Waals surface area contributed by atoms with Crippen molar-refractivity contribution in [1.82, 2.24) is 10.2 Å². The van der Waals surface area contributed by atoms with Crippen LogP contribution < -0.4 is 16.4 Å². The van der Waals surface area contributed by atoms with Gasteiger partial charge in [0.15, 0.2) is 0 Å². The van der Waals surface area contributed by atoms with E-state index in [1.165, 1.54) is 0 Å². The predicted octanol–water partition coefficient (Wildman–Crippen LogP) is 1.16. The van der Waals surface area contributed by atoms with Crippen molar-refractivity contribution in [3.63, 3.8) is 0 Å². The molecular weight excluding hydrogens is 368 g/mol. The summed E-state index contributed by atoms with van der Waals surface area (Å²) in [6.07, 6.45) is 0.418. The van der Waals surface area contributed by atoms with E-state index in [0.717, 1.165) is 5.56 Å². The van der Waals surface area contributed by atoms with Gasteiger partial charge in [0.1, 0.15) is 0 Å². The maximum atomic E-state index is 13.0. The van der Waals surface area contributed by atoms with Crippen LogP contribution in [0.5, 0.6) is 0 Å². The number of carbonyl (C=O) groups excluding carboxylic acids is 3. The number of nitrogens with two attached hydrogens (primary N) is 1. The van der Waals surface area contributed by atoms with E-state index in [1.54, 1.807) is 36.1 Å². The molecule has 0 aliphatic carbocycles. The second-order valence-electron chi connectivity index (χ2n) is 7.97. The fourth-order valence-electron chi connectivity index (χ4n) is 4.19. The van der Waals surface area contributed by atoms with Gasteiger partial charge in [-0.3, -0.25) is 14.4 Å². The number of hydrogen-bond donors (Lipinski definition) is 3. The number of benzene rings is 2. The minimum atomic E-state index is -0.864. The predicted molar refractivity (Wildman–Crippen MR) is 109 cm³/mol. The third-order valence-electron chi connectivity index (χ3n) is 5.76. The van der Waals surface area contributed by atoms with Gasteiger partial charge in [-0.05, 0) is 31.0 Å². The minimum Gasteiger partial charge on any atom is -0.344 e. The third-order valence-corrected chi connectivity index (χ3v) is 5.76. The van der Waals surface area contributed by atoms with Gasteiger partial charge < -0.3 is 21.3 Å². The molecule has 4 rings (SSSR count). The monoisotopic (exact) mass is 392 g/mol. The maximum absolute atomic E-state index is 13.0. The van der Waals surface area contributed by atoms with Gasteiger partial charge in [0.25, 0.3) is 5.91 Å². The average molecular weight is 392 g/mol. The molecule has 2 aliphatic heterocycles. The highest BCUT2D eigenvalue weighted by Crippen LogP contribution is 2.32. The van der Waals surface area contributed by atoms with E-state index in [-0.39, 0.29) is 30.8 Å². The second kappa shape index (κ2) is 7.33. The molecule has 1 unspecified atom stereocenters. The highest BCUT2D eigenvalue weighted by molar-refractivity contribution is 6.07. The Hall–Kier alpha value is -3.19. The Morgan fingerprint density at radius 3 is 2.62 bits per heavy atom. The topological polar surface area (TPSA) is 105 Å². The van der Waals surface area contributed by atoms with Crippen molar-refractivity contribution in [1.29, 1.82) is 0 Å². The third kappa shape index (κ3) is 3.61. The van der Waals surface area contributed by atoms with E-state index in [9.17, 15) is 14.4 Å². The molecule has 0 spiro atoms. The first-order valence-corrected chi connectivity index (χ1v) is 9.68. The van der Waals surface area contributed by atoms with Crippen LogP contribution in [0.15, 0.2) is 54.6 Å². The van der Waals surface area contributed by atoms with E-state index in [1.807, 2.05) is 30.3 Å². The number of nitrogens with one attached hydrogen (secondary N) is 2. The number of nitrogens with zero attached hydrogens (tertiary/aromatic N) is 1. The van der Waals surface area contributed by atoms with E-state index >= 15 is 0 Å². The Bertz CT molecular complexity index is 962. The first-order valence-electron chi connectivity index (χ1n) is 9.68. The molecule has 7 nitrogen and oxygen atoms in total. The van der Waals surface area contributed by atoms with Crippen molar-refractivity contribution >= 4 is 23.4 Å². The van der Waals surface area contributed by atoms with E-state index < -0.39 is 17.5 Å². The van der Waals surface area contributed by atoms with E-state index in [4.69, 9.17) is 5.73 Å². The van der Waals surface area contributed by atoms with Crippen molar-refractivity contribution in [3.05, 3.63) is 65.7 Å². The van der Waals surface area contributed by atoms with Crippen LogP contribution in [-0.2, 0) is 16.0 Å². The van der Waals surface area contributed by atoms with Gasteiger partial charge in [-0.2, -0.15) is 0 Å². The van der Waals surface area contributed by atoms with Crippen molar-refractivity contribution in [3.8, 4) is 0 Å². The standard InChI is InChI=1S/C22H24N4O3/c1-22-13-26(21(29)17(23)11-14-7-3-2-4-8-14)12-16(22)20(28)24-18-10-6-5-9-15(18)19(27)25-22/h2-10,16-17H,11-13,23H2,1H3,(H,24,28)(H,25,27)/t16-,17?,22-/m0/s1. The first kappa shape index (κ1) is 19.1. The van der Waals surface area contributed by atoms with Crippen molar-refractivity contribution in [2.45, 2.75) is 24.9 Å². The summed E-state index contributed by atoms with van der Waals surface area (Å²) in [6.45, 7) is 2.26. The second-order valence-corrected chi connectivity index (χ2v) is 7.97. The van der Waals surface area contributed by atoms with Gasteiger partial charge in [-0.25, -0.2) is 0 Å². The lowest BCUT2D eigenvalue weighted by atomic mass is 9.86. The zero-order valence-electron chi connectivity index (χ0n) is 16.2. The Morgan fingerprint density at radius 1 is 1.17 bits per heavy atom. The van der Waals surface area contributed by atoms with Gasteiger partial charge in [-0.1, -0.05) is 42.5 Å². The summed E-state index contributed by atoms with van der Waals surface area (Å²) in [4.78, 5) is 40.3. The van der Waals surface area contributed by atoms with Gasteiger partial charge >= 0.3 is 0 Å². The maximum Gasteiger partial charge on any atom is 0.253 e. The molecule has 0 bridgehead atoms. The summed E-state index contributed by atoms with van der Waals surface area (Å²) in [5, 5.41) is 5.83. The number of amides is 3. The Balaban J connectivity index is 1.54. The van der Waals surface area contributed by atoms with Crippen LogP contribution in [0.2, 0.25) is 0 Å². The minimum absolute atomic E-state index is 0.214. The Morgan fingerprint density at radius 2 is 1.86 bits per heavy atom. The molecule has 2 aromatic carbocycles. The van der Waals surface area contributed by atoms with Crippen molar-refractivity contribution in [2.75, 3.05) is 18.4 Å². The highest BCUT2D eigenvalue weighted by atomic mass is 16.2. The summed E-state index contributed by atoms with van der Waals surface area (Å²) < 4.78 is 0. The smallest absolute Gasteiger partial charge is 0.253 e. The lowest BCUT2D eigenvalue weighted by molar-refractivity contribution is -0.131. The number of hydrogen-bond acceptors (Lipinski definition) is 4. The van der Waals surface area contributed by atoms with Crippen LogP contribution in [0.4, 0.5) is 5.69 Å². The number of likely N-dealkylation sites (tertiary alicyclic amines) is 1. The molecule has 29 heavy (non-hydrogen) atoms. The molecule has 0 radical (unpaired) electrons. The molecule has 150 valence electrons. The van der Waals surface area contributed by atoms with E-state index in [2.05, 4.69) is 10.6 Å². The molecule has 1 fully saturated rings. The largest absolute Gasteiger partial charge is 0.344 e. The molecule has 7 heteroatoms. The molecule has 0 saturated carbocycles. The Kier molecular flexibility index (Phi) is 4.84. The van der Waals surface area contributed by atoms with Crippen LogP contribution in [0.25, 0.3) is 0 Å². The molecule has 1 saturated heterocycles. The number of para-hydroxylation sites is 1. The molecule has 2 aliphatic rings. The van der Waals surface area contributed by atoms with Gasteiger partial charge in [0.05, 0.1) is 28.7 Å². The quantitative estimate of drug-likeness (QED) is 0.729. The van der Waals surface area contributed by atoms with Crippen LogP contribution in [0.1, 0.15) is 22.8 Å². The van der Waals surface area contributed by atoms with E-state index in [0.29, 0.717) is 17.7 Å². The molecular formula is C22H24N4O3. The summed E-state index contributed by atoms with van der Waals surface area (Å²) >= 11 is 0. The van der Waals surface area contributed by atoms with Crippen LogP contribution in [0.3, 0.4) is 0 Å². The fourth-order valence-corrected chi connectivity index (χ4v) is 4.19. The summed E-state index contributed by atoms with van der Waals surface area (Å²) in [5.41, 5.74) is 7.17. The van der Waals surface area contributed by atoms with Crippen molar-refractivity contribution < 1.29 is 14.4 Å². The number of carbonyl (C=O) groups is 3. The molecule has 4 N–H and O–H groups in total. The summed E-state index contributed by atoms with van der Waals surface area (Å²) in [5.74, 6) is -1.27. The van der Waals surface area contributed by atoms with Gasteiger partial charge in [0, 0.05) is 13.1 Å². The summed E-state index contributed by atoms with van der Waals surface area (Å²) in [7, 11) is 0. The molecule has 2 aromatic rings. The summed E-state index contributed by atoms with van der Waals surface area (Å²) in [6, 6.07) is 15.8. The zero-order chi connectivity index (χ0) is 20.6. The molecule has 3 atom stereocenters. The first-order chi connectivity index (χ1) is 13.9. The molecule has 3 amide bonds. The van der Waals surface area contributed by atoms with Crippen LogP contribution in [-0.4, -0.2) is 47.3 Å². The molecule has 2 heterocycles. The highest BCUT2D eigenvalue weighted by Gasteiger charge is 2.50. The lowest BCUT2D eigenvalue weighted by Crippen LogP contribution is -2.56. The normalized spacial score (nSPS) is 24.5. The average Bonchev–Trinajstić information content (AvgIpc) is 3.04. The number of rotatable bonds is 3.